The van der Waals surface area contributed by atoms with Crippen molar-refractivity contribution in [1.82, 2.24) is 4.98 Å². The van der Waals surface area contributed by atoms with Crippen LogP contribution in [0.25, 0.3) is 0 Å². The third kappa shape index (κ3) is 6.63. The minimum atomic E-state index is -0.191. The monoisotopic (exact) mass is 394 g/mol. The Labute approximate surface area is 169 Å². The van der Waals surface area contributed by atoms with E-state index in [1.165, 1.54) is 19.2 Å². The van der Waals surface area contributed by atoms with Gasteiger partial charge in [-0.05, 0) is 48.4 Å². The summed E-state index contributed by atoms with van der Waals surface area (Å²) < 4.78 is 11.0. The molecule has 2 rings (SSSR count). The molecule has 0 unspecified atom stereocenters. The van der Waals surface area contributed by atoms with Gasteiger partial charge in [-0.3, -0.25) is 9.59 Å². The van der Waals surface area contributed by atoms with Gasteiger partial charge in [0.1, 0.15) is 30.3 Å². The number of ketones is 2. The third-order valence-corrected chi connectivity index (χ3v) is 3.90. The number of benzene rings is 1. The second-order valence-corrected chi connectivity index (χ2v) is 6.48. The molecule has 0 saturated heterocycles. The molecule has 0 fully saturated rings. The topological polar surface area (TPSA) is 94.9 Å². The highest BCUT2D eigenvalue weighted by atomic mass is 16.5. The molecule has 29 heavy (non-hydrogen) atoms. The van der Waals surface area contributed by atoms with Gasteiger partial charge in [-0.15, -0.1) is 4.91 Å². The lowest BCUT2D eigenvalue weighted by molar-refractivity contribution is 0.0926. The fraction of sp³-hybridized carbons (Fsp3) is 0.318. The Morgan fingerprint density at radius 3 is 2.55 bits per heavy atom. The minimum absolute atomic E-state index is 0.0739. The first kappa shape index (κ1) is 21.9. The van der Waals surface area contributed by atoms with Gasteiger partial charge < -0.3 is 9.47 Å². The van der Waals surface area contributed by atoms with Gasteiger partial charge in [-0.25, -0.2) is 4.98 Å². The van der Waals surface area contributed by atoms with Crippen molar-refractivity contribution in [3.8, 4) is 17.6 Å². The normalized spacial score (nSPS) is 10.2. The van der Waals surface area contributed by atoms with Gasteiger partial charge in [-0.1, -0.05) is 19.8 Å². The number of hydrogen-bond acceptors (Lipinski definition) is 7. The second-order valence-electron chi connectivity index (χ2n) is 6.48. The van der Waals surface area contributed by atoms with Crippen molar-refractivity contribution in [2.75, 3.05) is 19.8 Å². The molecule has 7 heteroatoms. The number of Topliss-reactive ketones (excluding diaryl/α,β-unsaturated/α-hetero) is 2. The average Bonchev–Trinajstić information content (AvgIpc) is 2.72. The quantitative estimate of drug-likeness (QED) is 0.276. The maximum absolute atomic E-state index is 12.2. The highest BCUT2D eigenvalue weighted by Crippen LogP contribution is 2.21. The van der Waals surface area contributed by atoms with E-state index >= 15 is 0 Å². The zero-order valence-corrected chi connectivity index (χ0v) is 16.6. The molecule has 0 radical (unpaired) electrons. The number of hydrogen-bond donors (Lipinski definition) is 0. The zero-order chi connectivity index (χ0) is 21.2. The van der Waals surface area contributed by atoms with Crippen LogP contribution in [0.5, 0.6) is 5.75 Å². The predicted molar refractivity (Wildman–Crippen MR) is 108 cm³/mol. The van der Waals surface area contributed by atoms with Crippen LogP contribution in [0.4, 0.5) is 5.69 Å². The van der Waals surface area contributed by atoms with Gasteiger partial charge in [0.25, 0.3) is 0 Å². The summed E-state index contributed by atoms with van der Waals surface area (Å²) in [6.45, 7) is 5.79. The molecular weight excluding hydrogens is 372 g/mol. The lowest BCUT2D eigenvalue weighted by Crippen LogP contribution is -2.13. The van der Waals surface area contributed by atoms with E-state index in [1.807, 2.05) is 0 Å². The summed E-state index contributed by atoms with van der Waals surface area (Å²) >= 11 is 0. The molecule has 0 saturated carbocycles. The summed E-state index contributed by atoms with van der Waals surface area (Å²) in [5.74, 6) is 5.67. The molecule has 0 amide bonds. The second kappa shape index (κ2) is 10.8. The standard InChI is InChI=1S/C22H22N2O5/c1-15(2)22(26)20-9-8-19(13-21(20)16(3)25)29-12-11-28-10-4-5-17-6-7-18(24-27)14-23-17/h6-9,13-15H,10-12H2,1-3H3. The molecule has 1 aromatic carbocycles. The third-order valence-electron chi connectivity index (χ3n) is 3.90. The van der Waals surface area contributed by atoms with Crippen LogP contribution >= 0.6 is 0 Å². The first-order valence-electron chi connectivity index (χ1n) is 9.10. The van der Waals surface area contributed by atoms with Crippen LogP contribution < -0.4 is 4.74 Å². The smallest absolute Gasteiger partial charge is 0.166 e. The Morgan fingerprint density at radius 1 is 1.14 bits per heavy atom. The Hall–Kier alpha value is -3.37. The van der Waals surface area contributed by atoms with Gasteiger partial charge in [0, 0.05) is 17.0 Å². The number of ether oxygens (including phenoxy) is 2. The van der Waals surface area contributed by atoms with Crippen LogP contribution in [0.15, 0.2) is 41.7 Å². The lowest BCUT2D eigenvalue weighted by atomic mass is 9.94. The number of aromatic nitrogens is 1. The Morgan fingerprint density at radius 2 is 1.93 bits per heavy atom. The summed E-state index contributed by atoms with van der Waals surface area (Å²) in [7, 11) is 0. The van der Waals surface area contributed by atoms with E-state index in [-0.39, 0.29) is 36.4 Å². The first-order valence-corrected chi connectivity index (χ1v) is 9.10. The van der Waals surface area contributed by atoms with Gasteiger partial charge in [-0.2, -0.15) is 0 Å². The van der Waals surface area contributed by atoms with E-state index in [0.29, 0.717) is 29.2 Å². The van der Waals surface area contributed by atoms with Crippen LogP contribution in [-0.4, -0.2) is 36.4 Å². The minimum Gasteiger partial charge on any atom is -0.491 e. The average molecular weight is 394 g/mol. The van der Waals surface area contributed by atoms with E-state index in [0.717, 1.165) is 0 Å². The number of nitroso groups, excluding NO2 is 1. The van der Waals surface area contributed by atoms with Crippen molar-refractivity contribution in [3.05, 3.63) is 58.3 Å². The summed E-state index contributed by atoms with van der Waals surface area (Å²) in [6, 6.07) is 8.02. The van der Waals surface area contributed by atoms with E-state index in [9.17, 15) is 14.5 Å². The number of pyridine rings is 1. The molecule has 0 atom stereocenters. The lowest BCUT2D eigenvalue weighted by Gasteiger charge is -2.12. The summed E-state index contributed by atoms with van der Waals surface area (Å²) in [5, 5.41) is 2.77. The van der Waals surface area contributed by atoms with E-state index in [2.05, 4.69) is 22.0 Å². The maximum atomic E-state index is 12.2. The Bertz CT molecular complexity index is 940. The Kier molecular flexibility index (Phi) is 8.19. The molecule has 7 nitrogen and oxygen atoms in total. The predicted octanol–water partition coefficient (Wildman–Crippen LogP) is 3.97. The molecule has 0 aliphatic rings. The summed E-state index contributed by atoms with van der Waals surface area (Å²) in [4.78, 5) is 38.4. The van der Waals surface area contributed by atoms with Crippen LogP contribution in [0.2, 0.25) is 0 Å². The molecule has 0 bridgehead atoms. The maximum Gasteiger partial charge on any atom is 0.166 e. The number of carbonyl (C=O) groups is 2. The van der Waals surface area contributed by atoms with Gasteiger partial charge in [0.05, 0.1) is 12.8 Å². The van der Waals surface area contributed by atoms with Crippen molar-refractivity contribution >= 4 is 17.3 Å². The fourth-order valence-corrected chi connectivity index (χ4v) is 2.41. The van der Waals surface area contributed by atoms with Crippen LogP contribution in [0.3, 0.4) is 0 Å². The molecule has 0 spiro atoms. The van der Waals surface area contributed by atoms with Gasteiger partial charge in [0.2, 0.25) is 0 Å². The van der Waals surface area contributed by atoms with E-state index in [1.54, 1.807) is 38.1 Å². The van der Waals surface area contributed by atoms with Crippen LogP contribution in [0.1, 0.15) is 47.2 Å². The zero-order valence-electron chi connectivity index (χ0n) is 16.6. The number of rotatable bonds is 9. The van der Waals surface area contributed by atoms with E-state index in [4.69, 9.17) is 9.47 Å². The largest absolute Gasteiger partial charge is 0.491 e. The molecule has 1 aromatic heterocycles. The summed E-state index contributed by atoms with van der Waals surface area (Å²) in [6.07, 6.45) is 1.35. The molecule has 0 aliphatic heterocycles. The van der Waals surface area contributed by atoms with Crippen molar-refractivity contribution in [1.29, 1.82) is 0 Å². The fourth-order valence-electron chi connectivity index (χ4n) is 2.41. The molecule has 1 heterocycles. The van der Waals surface area contributed by atoms with Crippen molar-refractivity contribution in [2.24, 2.45) is 11.1 Å². The molecular formula is C22H22N2O5. The van der Waals surface area contributed by atoms with Gasteiger partial charge in [0.15, 0.2) is 11.6 Å². The van der Waals surface area contributed by atoms with Crippen LogP contribution in [0, 0.1) is 22.7 Å². The number of carbonyl (C=O) groups excluding carboxylic acids is 2. The molecule has 2 aromatic rings. The van der Waals surface area contributed by atoms with Crippen molar-refractivity contribution in [3.63, 3.8) is 0 Å². The number of nitrogens with zero attached hydrogens (tertiary/aromatic N) is 2. The van der Waals surface area contributed by atoms with Crippen molar-refractivity contribution < 1.29 is 19.1 Å². The molecule has 0 N–H and O–H groups in total. The highest BCUT2D eigenvalue weighted by Gasteiger charge is 2.18. The Balaban J connectivity index is 1.82. The highest BCUT2D eigenvalue weighted by molar-refractivity contribution is 6.08. The van der Waals surface area contributed by atoms with E-state index < -0.39 is 0 Å². The molecule has 150 valence electrons. The van der Waals surface area contributed by atoms with Crippen molar-refractivity contribution in [2.45, 2.75) is 20.8 Å². The van der Waals surface area contributed by atoms with Crippen LogP contribution in [-0.2, 0) is 4.74 Å². The molecule has 0 aliphatic carbocycles. The SMILES string of the molecule is CC(=O)c1cc(OCCOCC#Cc2ccc(N=O)cn2)ccc1C(=O)C(C)C. The van der Waals surface area contributed by atoms with Gasteiger partial charge >= 0.3 is 0 Å². The first-order chi connectivity index (χ1) is 13.9. The summed E-state index contributed by atoms with van der Waals surface area (Å²) in [5.41, 5.74) is 1.54.